The molecule has 0 aromatic rings. The molecule has 8 nitrogen and oxygen atoms in total. The number of fused-ring (bicyclic) bond motifs is 3. The maximum absolute atomic E-state index is 8.49. The quantitative estimate of drug-likeness (QED) is 0.437. The predicted octanol–water partition coefficient (Wildman–Crippen LogP) is 1.69. The van der Waals surface area contributed by atoms with Crippen LogP contribution in [0.15, 0.2) is 5.11 Å². The maximum Gasteiger partial charge on any atom is 0.190 e. The van der Waals surface area contributed by atoms with Gasteiger partial charge in [-0.25, -0.2) is 0 Å². The highest BCUT2D eigenvalue weighted by atomic mass is 16.9. The van der Waals surface area contributed by atoms with Gasteiger partial charge in [0.25, 0.3) is 0 Å². The smallest absolute Gasteiger partial charge is 0.190 e. The van der Waals surface area contributed by atoms with Crippen molar-refractivity contribution in [3.63, 3.8) is 0 Å². The zero-order valence-corrected chi connectivity index (χ0v) is 12.0. The third-order valence-electron chi connectivity index (χ3n) is 3.58. The molecule has 112 valence electrons. The zero-order chi connectivity index (χ0) is 14.5. The van der Waals surface area contributed by atoms with Gasteiger partial charge < -0.3 is 23.7 Å². The lowest BCUT2D eigenvalue weighted by molar-refractivity contribution is -0.231. The van der Waals surface area contributed by atoms with Crippen LogP contribution < -0.4 is 0 Å². The summed E-state index contributed by atoms with van der Waals surface area (Å²) in [7, 11) is 0. The predicted molar refractivity (Wildman–Crippen MR) is 66.5 cm³/mol. The van der Waals surface area contributed by atoms with Crippen LogP contribution in [0.5, 0.6) is 0 Å². The van der Waals surface area contributed by atoms with Crippen molar-refractivity contribution in [1.29, 1.82) is 0 Å². The van der Waals surface area contributed by atoms with E-state index in [-0.39, 0.29) is 24.9 Å². The molecule has 3 aliphatic rings. The molecule has 3 rings (SSSR count). The maximum atomic E-state index is 8.49. The normalized spacial score (nSPS) is 44.5. The molecule has 0 bridgehead atoms. The summed E-state index contributed by atoms with van der Waals surface area (Å²) >= 11 is 0. The van der Waals surface area contributed by atoms with E-state index in [2.05, 4.69) is 10.0 Å². The van der Waals surface area contributed by atoms with Crippen molar-refractivity contribution in [2.45, 2.75) is 70.0 Å². The van der Waals surface area contributed by atoms with Gasteiger partial charge in [0.05, 0.1) is 12.6 Å². The summed E-state index contributed by atoms with van der Waals surface area (Å²) in [5.74, 6) is -1.46. The lowest BCUT2D eigenvalue weighted by Gasteiger charge is -2.36. The second-order valence-corrected chi connectivity index (χ2v) is 6.12. The van der Waals surface area contributed by atoms with E-state index in [1.165, 1.54) is 0 Å². The Morgan fingerprint density at radius 3 is 2.25 bits per heavy atom. The summed E-state index contributed by atoms with van der Waals surface area (Å²) in [6, 6.07) is 0. The molecule has 0 aromatic carbocycles. The molecule has 0 N–H and O–H groups in total. The number of azide groups is 1. The molecule has 3 saturated heterocycles. The first-order chi connectivity index (χ1) is 9.31. The van der Waals surface area contributed by atoms with Gasteiger partial charge in [-0.3, -0.25) is 0 Å². The first-order valence-corrected chi connectivity index (χ1v) is 6.69. The molecule has 0 spiro atoms. The second kappa shape index (κ2) is 4.56. The Bertz CT molecular complexity index is 448. The fourth-order valence-electron chi connectivity index (χ4n) is 2.96. The molecule has 0 aliphatic carbocycles. The molecule has 0 saturated carbocycles. The highest BCUT2D eigenvalue weighted by Crippen LogP contribution is 2.44. The van der Waals surface area contributed by atoms with E-state index >= 15 is 0 Å². The van der Waals surface area contributed by atoms with Crippen LogP contribution in [0.2, 0.25) is 0 Å². The summed E-state index contributed by atoms with van der Waals surface area (Å²) in [4.78, 5) is 2.77. The Labute approximate surface area is 116 Å². The number of hydrogen-bond donors (Lipinski definition) is 0. The van der Waals surface area contributed by atoms with Crippen LogP contribution in [0.3, 0.4) is 0 Å². The minimum Gasteiger partial charge on any atom is -0.344 e. The molecular weight excluding hydrogens is 266 g/mol. The molecule has 5 atom stereocenters. The Morgan fingerprint density at radius 2 is 1.55 bits per heavy atom. The fraction of sp³-hybridized carbons (Fsp3) is 1.00. The first-order valence-electron chi connectivity index (χ1n) is 6.69. The third-order valence-corrected chi connectivity index (χ3v) is 3.58. The summed E-state index contributed by atoms with van der Waals surface area (Å²) in [6.45, 7) is 7.50. The van der Waals surface area contributed by atoms with Crippen molar-refractivity contribution in [2.24, 2.45) is 5.11 Å². The topological polar surface area (TPSA) is 94.9 Å². The van der Waals surface area contributed by atoms with Gasteiger partial charge in [0.1, 0.15) is 18.3 Å². The SMILES string of the molecule is CC1(C)OC2O[C@H](CN=[N+]=[N-])[C@@H]3OC(C)(C)OC3[C@H]2O1. The number of rotatable bonds is 2. The van der Waals surface area contributed by atoms with Crippen LogP contribution in [0.4, 0.5) is 0 Å². The zero-order valence-electron chi connectivity index (χ0n) is 12.0. The molecule has 0 amide bonds. The van der Waals surface area contributed by atoms with E-state index < -0.39 is 24.0 Å². The van der Waals surface area contributed by atoms with Crippen molar-refractivity contribution in [3.8, 4) is 0 Å². The highest BCUT2D eigenvalue weighted by molar-refractivity contribution is 5.00. The van der Waals surface area contributed by atoms with Gasteiger partial charge in [0.15, 0.2) is 17.9 Å². The van der Waals surface area contributed by atoms with E-state index in [1.807, 2.05) is 27.7 Å². The monoisotopic (exact) mass is 285 g/mol. The second-order valence-electron chi connectivity index (χ2n) is 6.12. The molecule has 0 radical (unpaired) electrons. The summed E-state index contributed by atoms with van der Waals surface area (Å²) < 4.78 is 29.2. The van der Waals surface area contributed by atoms with Gasteiger partial charge in [0, 0.05) is 4.91 Å². The molecule has 3 aliphatic heterocycles. The van der Waals surface area contributed by atoms with Crippen molar-refractivity contribution in [3.05, 3.63) is 10.4 Å². The van der Waals surface area contributed by atoms with E-state index in [4.69, 9.17) is 29.2 Å². The van der Waals surface area contributed by atoms with Crippen molar-refractivity contribution in [1.82, 2.24) is 0 Å². The minimum atomic E-state index is -0.733. The van der Waals surface area contributed by atoms with Gasteiger partial charge in [0.2, 0.25) is 0 Å². The molecule has 3 heterocycles. The van der Waals surface area contributed by atoms with Crippen molar-refractivity contribution >= 4 is 0 Å². The Hall–Kier alpha value is -0.890. The summed E-state index contributed by atoms with van der Waals surface area (Å²) in [5.41, 5.74) is 8.49. The van der Waals surface area contributed by atoms with E-state index in [0.29, 0.717) is 0 Å². The highest BCUT2D eigenvalue weighted by Gasteiger charge is 2.60. The van der Waals surface area contributed by atoms with Crippen LogP contribution in [0.25, 0.3) is 10.4 Å². The van der Waals surface area contributed by atoms with Gasteiger partial charge in [-0.1, -0.05) is 5.11 Å². The largest absolute Gasteiger partial charge is 0.344 e. The molecule has 3 fully saturated rings. The standard InChI is InChI=1S/C12H19N3O5/c1-11(2)17-7-6(5-14-15-13)16-10-9(8(7)18-11)19-12(3,4)20-10/h6-10H,5H2,1-4H3/t6-,7+,8?,9-,10?/m1/s1. The van der Waals surface area contributed by atoms with E-state index in [9.17, 15) is 0 Å². The summed E-state index contributed by atoms with van der Waals surface area (Å²) in [6.07, 6.45) is -1.93. The number of ether oxygens (including phenoxy) is 5. The minimum absolute atomic E-state index is 0.171. The summed E-state index contributed by atoms with van der Waals surface area (Å²) in [5, 5.41) is 3.58. The van der Waals surface area contributed by atoms with Crippen LogP contribution in [0, 0.1) is 0 Å². The van der Waals surface area contributed by atoms with Crippen LogP contribution in [0.1, 0.15) is 27.7 Å². The first kappa shape index (κ1) is 14.1. The lowest BCUT2D eigenvalue weighted by Crippen LogP contribution is -2.55. The van der Waals surface area contributed by atoms with Gasteiger partial charge in [-0.15, -0.1) is 0 Å². The van der Waals surface area contributed by atoms with Gasteiger partial charge in [-0.2, -0.15) is 0 Å². The molecule has 8 heteroatoms. The molecular formula is C12H19N3O5. The van der Waals surface area contributed by atoms with Crippen molar-refractivity contribution < 1.29 is 23.7 Å². The molecule has 2 unspecified atom stereocenters. The van der Waals surface area contributed by atoms with Crippen LogP contribution >= 0.6 is 0 Å². The van der Waals surface area contributed by atoms with E-state index in [0.717, 1.165) is 0 Å². The van der Waals surface area contributed by atoms with Crippen molar-refractivity contribution in [2.75, 3.05) is 6.54 Å². The Kier molecular flexibility index (Phi) is 3.20. The van der Waals surface area contributed by atoms with E-state index in [1.54, 1.807) is 0 Å². The lowest BCUT2D eigenvalue weighted by atomic mass is 9.99. The average Bonchev–Trinajstić information content (AvgIpc) is 2.80. The van der Waals surface area contributed by atoms with Crippen LogP contribution in [-0.2, 0) is 23.7 Å². The molecule has 20 heavy (non-hydrogen) atoms. The third kappa shape index (κ3) is 2.39. The number of nitrogens with zero attached hydrogens (tertiary/aromatic N) is 3. The van der Waals surface area contributed by atoms with Gasteiger partial charge >= 0.3 is 0 Å². The Morgan fingerprint density at radius 1 is 0.950 bits per heavy atom. The number of hydrogen-bond acceptors (Lipinski definition) is 6. The van der Waals surface area contributed by atoms with Gasteiger partial charge in [-0.05, 0) is 33.2 Å². The molecule has 0 aromatic heterocycles. The average molecular weight is 285 g/mol. The fourth-order valence-corrected chi connectivity index (χ4v) is 2.96. The Balaban J connectivity index is 1.85. The van der Waals surface area contributed by atoms with Crippen LogP contribution in [-0.4, -0.2) is 48.8 Å².